The lowest BCUT2D eigenvalue weighted by molar-refractivity contribution is 0.0601. The van der Waals surface area contributed by atoms with Gasteiger partial charge in [0.25, 0.3) is 0 Å². The lowest BCUT2D eigenvalue weighted by Gasteiger charge is -2.12. The van der Waals surface area contributed by atoms with Gasteiger partial charge < -0.3 is 23.5 Å². The minimum Gasteiger partial charge on any atom is -0.493 e. The number of aromatic nitrogens is 3. The summed E-state index contributed by atoms with van der Waals surface area (Å²) in [6.45, 7) is 3.43. The molecule has 0 spiro atoms. The molecule has 0 amide bonds. The molecular formula is C34H31FN4O5. The summed E-state index contributed by atoms with van der Waals surface area (Å²) in [5, 5.41) is 9.19. The van der Waals surface area contributed by atoms with Crippen LogP contribution in [0.25, 0.3) is 22.3 Å². The van der Waals surface area contributed by atoms with Gasteiger partial charge in [-0.25, -0.2) is 19.2 Å². The molecule has 5 rings (SSSR count). The number of ether oxygens (including phenoxy) is 4. The molecule has 9 nitrogen and oxygen atoms in total. The van der Waals surface area contributed by atoms with Gasteiger partial charge in [-0.3, -0.25) is 0 Å². The summed E-state index contributed by atoms with van der Waals surface area (Å²) in [6.07, 6.45) is 0.238. The van der Waals surface area contributed by atoms with Crippen LogP contribution >= 0.6 is 0 Å². The van der Waals surface area contributed by atoms with Crippen LogP contribution in [0.3, 0.4) is 0 Å². The fraction of sp³-hybridized carbons (Fsp3) is 0.235. The average Bonchev–Trinajstić information content (AvgIpc) is 3.39. The molecule has 0 unspecified atom stereocenters. The fourth-order valence-electron chi connectivity index (χ4n) is 4.85. The van der Waals surface area contributed by atoms with Crippen LogP contribution in [0, 0.1) is 17.1 Å². The topological polar surface area (TPSA) is 108 Å². The molecule has 0 N–H and O–H groups in total. The van der Waals surface area contributed by atoms with Crippen molar-refractivity contribution in [1.82, 2.24) is 14.5 Å². The largest absolute Gasteiger partial charge is 0.493 e. The second-order valence-electron chi connectivity index (χ2n) is 9.87. The molecule has 0 bridgehead atoms. The standard InChI is InChI=1S/C34H31FN4O5/c1-4-43-31-16-22(20-36)8-9-26(31)21-44-33-7-5-6-28(38-33)24-11-10-23(27(35)17-24)19-32-37-29-13-12-25(34(40)42-3)18-30(29)39(32)14-15-41-2/h5-13,16-18H,4,14-15,19,21H2,1-3H3. The van der Waals surface area contributed by atoms with Crippen LogP contribution < -0.4 is 9.47 Å². The highest BCUT2D eigenvalue weighted by atomic mass is 19.1. The SMILES string of the molecule is CCOc1cc(C#N)ccc1COc1cccc(-c2ccc(Cc3nc4ccc(C(=O)OC)cc4n3CCOC)c(F)c2)n1. The van der Waals surface area contributed by atoms with Crippen LogP contribution in [0.15, 0.2) is 72.8 Å². The van der Waals surface area contributed by atoms with E-state index < -0.39 is 11.8 Å². The number of nitrogens with zero attached hydrogens (tertiary/aromatic N) is 4. The molecule has 0 fully saturated rings. The van der Waals surface area contributed by atoms with E-state index >= 15 is 4.39 Å². The van der Waals surface area contributed by atoms with Crippen LogP contribution in [0.2, 0.25) is 0 Å². The first-order valence-electron chi connectivity index (χ1n) is 14.0. The zero-order valence-electron chi connectivity index (χ0n) is 24.7. The zero-order valence-corrected chi connectivity index (χ0v) is 24.7. The third-order valence-electron chi connectivity index (χ3n) is 7.06. The Balaban J connectivity index is 1.36. The quantitative estimate of drug-likeness (QED) is 0.159. The number of halogens is 1. The van der Waals surface area contributed by atoms with Crippen molar-refractivity contribution in [1.29, 1.82) is 5.26 Å². The maximum Gasteiger partial charge on any atom is 0.337 e. The summed E-state index contributed by atoms with van der Waals surface area (Å²) in [5.41, 5.74) is 4.75. The van der Waals surface area contributed by atoms with Gasteiger partial charge in [-0.1, -0.05) is 24.3 Å². The van der Waals surface area contributed by atoms with Crippen molar-refractivity contribution in [3.05, 3.63) is 107 Å². The number of nitriles is 1. The van der Waals surface area contributed by atoms with Crippen molar-refractivity contribution in [2.45, 2.75) is 26.5 Å². The summed E-state index contributed by atoms with van der Waals surface area (Å²) in [4.78, 5) is 21.4. The van der Waals surface area contributed by atoms with Crippen molar-refractivity contribution in [3.8, 4) is 29.0 Å². The van der Waals surface area contributed by atoms with Crippen molar-refractivity contribution < 1.29 is 28.1 Å². The highest BCUT2D eigenvalue weighted by molar-refractivity contribution is 5.93. The molecule has 5 aromatic rings. The molecule has 3 aromatic carbocycles. The second-order valence-corrected chi connectivity index (χ2v) is 9.87. The lowest BCUT2D eigenvalue weighted by Crippen LogP contribution is -2.10. The number of rotatable bonds is 12. The maximum absolute atomic E-state index is 15.5. The molecule has 0 radical (unpaired) electrons. The molecule has 2 aromatic heterocycles. The van der Waals surface area contributed by atoms with Crippen molar-refractivity contribution in [3.63, 3.8) is 0 Å². The molecule has 224 valence electrons. The van der Waals surface area contributed by atoms with Crippen molar-refractivity contribution >= 4 is 17.0 Å². The normalized spacial score (nSPS) is 10.9. The number of carbonyl (C=O) groups is 1. The summed E-state index contributed by atoms with van der Waals surface area (Å²) in [7, 11) is 2.94. The molecule has 0 aliphatic rings. The van der Waals surface area contributed by atoms with E-state index in [1.807, 2.05) is 17.6 Å². The number of hydrogen-bond donors (Lipinski definition) is 0. The van der Waals surface area contributed by atoms with E-state index in [2.05, 4.69) is 11.1 Å². The van der Waals surface area contributed by atoms with Gasteiger partial charge in [0.15, 0.2) is 0 Å². The Hall–Kier alpha value is -5.27. The van der Waals surface area contributed by atoms with Gasteiger partial charge >= 0.3 is 5.97 Å². The first kappa shape index (κ1) is 30.2. The predicted octanol–water partition coefficient (Wildman–Crippen LogP) is 6.11. The number of hydrogen-bond acceptors (Lipinski definition) is 8. The minimum absolute atomic E-state index is 0.190. The molecule has 10 heteroatoms. The summed E-state index contributed by atoms with van der Waals surface area (Å²) >= 11 is 0. The molecule has 2 heterocycles. The molecule has 0 saturated carbocycles. The van der Waals surface area contributed by atoms with Crippen LogP contribution in [0.1, 0.15) is 39.8 Å². The van der Waals surface area contributed by atoms with E-state index in [-0.39, 0.29) is 13.0 Å². The van der Waals surface area contributed by atoms with Gasteiger partial charge in [0.2, 0.25) is 5.88 Å². The van der Waals surface area contributed by atoms with Gasteiger partial charge in [0.05, 0.1) is 54.2 Å². The van der Waals surface area contributed by atoms with E-state index in [1.165, 1.54) is 13.2 Å². The summed E-state index contributed by atoms with van der Waals surface area (Å²) in [6, 6.07) is 22.8. The Kier molecular flexibility index (Phi) is 9.47. The van der Waals surface area contributed by atoms with Gasteiger partial charge in [-0.05, 0) is 55.0 Å². The van der Waals surface area contributed by atoms with E-state index in [0.29, 0.717) is 70.7 Å². The zero-order chi connectivity index (χ0) is 31.1. The lowest BCUT2D eigenvalue weighted by atomic mass is 10.1. The molecule has 44 heavy (non-hydrogen) atoms. The third kappa shape index (κ3) is 6.69. The number of carbonyl (C=O) groups excluding carboxylic acids is 1. The number of imidazole rings is 1. The fourth-order valence-corrected chi connectivity index (χ4v) is 4.85. The number of fused-ring (bicyclic) bond motifs is 1. The molecule has 0 saturated heterocycles. The van der Waals surface area contributed by atoms with Crippen LogP contribution in [0.4, 0.5) is 4.39 Å². The van der Waals surface area contributed by atoms with Crippen molar-refractivity contribution in [2.24, 2.45) is 0 Å². The molecule has 0 aliphatic carbocycles. The van der Waals surface area contributed by atoms with Gasteiger partial charge in [-0.15, -0.1) is 0 Å². The second kappa shape index (κ2) is 13.8. The molecular weight excluding hydrogens is 563 g/mol. The highest BCUT2D eigenvalue weighted by Crippen LogP contribution is 2.27. The first-order chi connectivity index (χ1) is 21.4. The molecule has 0 atom stereocenters. The van der Waals surface area contributed by atoms with Crippen LogP contribution in [0.5, 0.6) is 11.6 Å². The van der Waals surface area contributed by atoms with Gasteiger partial charge in [0, 0.05) is 37.3 Å². The van der Waals surface area contributed by atoms with Crippen molar-refractivity contribution in [2.75, 3.05) is 27.4 Å². The summed E-state index contributed by atoms with van der Waals surface area (Å²) in [5.74, 6) is 0.766. The Labute approximate surface area is 254 Å². The Morgan fingerprint density at radius 3 is 2.57 bits per heavy atom. The van der Waals surface area contributed by atoms with E-state index in [1.54, 1.807) is 67.8 Å². The van der Waals surface area contributed by atoms with E-state index in [9.17, 15) is 10.1 Å². The summed E-state index contributed by atoms with van der Waals surface area (Å²) < 4.78 is 39.2. The van der Waals surface area contributed by atoms with Crippen LogP contribution in [-0.4, -0.2) is 47.9 Å². The average molecular weight is 595 g/mol. The molecule has 0 aliphatic heterocycles. The Morgan fingerprint density at radius 1 is 0.977 bits per heavy atom. The monoisotopic (exact) mass is 594 g/mol. The smallest absolute Gasteiger partial charge is 0.337 e. The Bertz CT molecular complexity index is 1850. The Morgan fingerprint density at radius 2 is 1.82 bits per heavy atom. The number of esters is 1. The maximum atomic E-state index is 15.5. The van der Waals surface area contributed by atoms with Gasteiger partial charge in [0.1, 0.15) is 24.0 Å². The van der Waals surface area contributed by atoms with Gasteiger partial charge in [-0.2, -0.15) is 5.26 Å². The van der Waals surface area contributed by atoms with E-state index in [0.717, 1.165) is 11.1 Å². The number of benzene rings is 3. The number of pyridine rings is 1. The van der Waals surface area contributed by atoms with Crippen LogP contribution in [-0.2, 0) is 29.0 Å². The number of methoxy groups -OCH3 is 2. The third-order valence-corrected chi connectivity index (χ3v) is 7.06. The first-order valence-corrected chi connectivity index (χ1v) is 14.0. The predicted molar refractivity (Wildman–Crippen MR) is 162 cm³/mol. The highest BCUT2D eigenvalue weighted by Gasteiger charge is 2.17. The van der Waals surface area contributed by atoms with E-state index in [4.69, 9.17) is 23.9 Å². The minimum atomic E-state index is -0.442.